The number of nitrogens with two attached hydrogens (primary N) is 1. The highest BCUT2D eigenvalue weighted by atomic mass is 32.1. The van der Waals surface area contributed by atoms with E-state index >= 15 is 0 Å². The highest BCUT2D eigenvalue weighted by Gasteiger charge is 2.31. The van der Waals surface area contributed by atoms with Crippen LogP contribution in [-0.2, 0) is 0 Å². The molecule has 6 heteroatoms. The maximum atomic E-state index is 6.25. The Balaban J connectivity index is 1.40. The lowest BCUT2D eigenvalue weighted by Crippen LogP contribution is -2.40. The fourth-order valence-electron chi connectivity index (χ4n) is 4.18. The normalized spacial score (nSPS) is 23.9. The van der Waals surface area contributed by atoms with Gasteiger partial charge in [-0.15, -0.1) is 11.3 Å². The number of anilines is 2. The summed E-state index contributed by atoms with van der Waals surface area (Å²) in [7, 11) is 0. The Kier molecular flexibility index (Phi) is 5.03. The topological polar surface area (TPSA) is 54.6 Å². The van der Waals surface area contributed by atoms with Crippen LogP contribution >= 0.6 is 11.3 Å². The summed E-state index contributed by atoms with van der Waals surface area (Å²) in [5.74, 6) is 0.966. The quantitative estimate of drug-likeness (QED) is 0.848. The minimum Gasteiger partial charge on any atom is -0.489 e. The molecule has 2 aliphatic heterocycles. The van der Waals surface area contributed by atoms with Gasteiger partial charge in [0.2, 0.25) is 0 Å². The summed E-state index contributed by atoms with van der Waals surface area (Å²) in [6.07, 6.45) is 3.70. The van der Waals surface area contributed by atoms with E-state index in [4.69, 9.17) is 10.5 Å². The van der Waals surface area contributed by atoms with Gasteiger partial charge in [-0.1, -0.05) is 0 Å². The van der Waals surface area contributed by atoms with Gasteiger partial charge in [0.05, 0.1) is 11.7 Å². The smallest absolute Gasteiger partial charge is 0.180 e. The van der Waals surface area contributed by atoms with Crippen molar-refractivity contribution in [2.45, 2.75) is 57.7 Å². The monoisotopic (exact) mass is 386 g/mol. The maximum Gasteiger partial charge on any atom is 0.180 e. The minimum absolute atomic E-state index is 0.214. The number of nitrogens with zero attached hydrogens (tertiary/aromatic N) is 3. The average Bonchev–Trinajstić information content (AvgIpc) is 3.34. The lowest BCUT2D eigenvalue weighted by Gasteiger charge is -2.31. The number of rotatable bonds is 4. The van der Waals surface area contributed by atoms with Gasteiger partial charge in [0.1, 0.15) is 11.9 Å². The van der Waals surface area contributed by atoms with E-state index in [1.807, 2.05) is 0 Å². The lowest BCUT2D eigenvalue weighted by atomic mass is 10.1. The predicted octanol–water partition coefficient (Wildman–Crippen LogP) is 4.32. The summed E-state index contributed by atoms with van der Waals surface area (Å²) < 4.78 is 6.25. The van der Waals surface area contributed by atoms with Crippen LogP contribution in [0.25, 0.3) is 0 Å². The van der Waals surface area contributed by atoms with Crippen LogP contribution in [0, 0.1) is 0 Å². The van der Waals surface area contributed by atoms with Crippen molar-refractivity contribution in [1.29, 1.82) is 0 Å². The van der Waals surface area contributed by atoms with E-state index in [0.717, 1.165) is 43.9 Å². The highest BCUT2D eigenvalue weighted by Crippen LogP contribution is 2.37. The molecule has 0 spiro atoms. The molecule has 27 heavy (non-hydrogen) atoms. The third kappa shape index (κ3) is 4.06. The fraction of sp³-hybridized carbons (Fsp3) is 0.571. The van der Waals surface area contributed by atoms with Gasteiger partial charge in [0.25, 0.3) is 0 Å². The number of benzene rings is 1. The SMILES string of the molecule is CC(C)(C)N1CCC(Oc2ccc(N3CCCC3c3csc(N)n3)cc2)C1. The van der Waals surface area contributed by atoms with E-state index in [9.17, 15) is 0 Å². The number of nitrogen functional groups attached to an aromatic ring is 1. The lowest BCUT2D eigenvalue weighted by molar-refractivity contribution is 0.141. The van der Waals surface area contributed by atoms with Gasteiger partial charge in [-0.3, -0.25) is 4.90 Å². The molecular formula is C21H30N4OS. The Morgan fingerprint density at radius 3 is 2.56 bits per heavy atom. The van der Waals surface area contributed by atoms with Gasteiger partial charge >= 0.3 is 0 Å². The van der Waals surface area contributed by atoms with Crippen LogP contribution in [0.5, 0.6) is 5.75 Å². The molecule has 4 rings (SSSR count). The summed E-state index contributed by atoms with van der Waals surface area (Å²) in [6.45, 7) is 9.99. The van der Waals surface area contributed by atoms with Gasteiger partial charge in [-0.05, 0) is 64.3 Å². The second-order valence-electron chi connectivity index (χ2n) is 8.60. The largest absolute Gasteiger partial charge is 0.489 e. The Labute approximate surface area is 166 Å². The van der Waals surface area contributed by atoms with Crippen molar-refractivity contribution in [1.82, 2.24) is 9.88 Å². The summed E-state index contributed by atoms with van der Waals surface area (Å²) >= 11 is 1.53. The van der Waals surface area contributed by atoms with Crippen LogP contribution in [0.4, 0.5) is 10.8 Å². The van der Waals surface area contributed by atoms with Gasteiger partial charge in [-0.25, -0.2) is 4.98 Å². The zero-order chi connectivity index (χ0) is 19.0. The Morgan fingerprint density at radius 2 is 1.93 bits per heavy atom. The molecule has 1 aromatic heterocycles. The fourth-order valence-corrected chi connectivity index (χ4v) is 4.79. The first kappa shape index (κ1) is 18.6. The van der Waals surface area contributed by atoms with Gasteiger partial charge in [0.15, 0.2) is 5.13 Å². The zero-order valence-corrected chi connectivity index (χ0v) is 17.3. The van der Waals surface area contributed by atoms with E-state index in [1.165, 1.54) is 23.4 Å². The Morgan fingerprint density at radius 1 is 1.15 bits per heavy atom. The third-order valence-corrected chi connectivity index (χ3v) is 6.39. The average molecular weight is 387 g/mol. The van der Waals surface area contributed by atoms with Crippen LogP contribution < -0.4 is 15.4 Å². The van der Waals surface area contributed by atoms with Gasteiger partial charge in [0, 0.05) is 36.2 Å². The molecule has 0 bridgehead atoms. The second kappa shape index (κ2) is 7.32. The molecule has 2 N–H and O–H groups in total. The molecule has 0 saturated carbocycles. The number of likely N-dealkylation sites (tertiary alicyclic amines) is 1. The first-order valence-electron chi connectivity index (χ1n) is 9.89. The third-order valence-electron chi connectivity index (χ3n) is 5.70. The van der Waals surface area contributed by atoms with Crippen molar-refractivity contribution in [3.63, 3.8) is 0 Å². The number of hydrogen-bond donors (Lipinski definition) is 1. The number of ether oxygens (including phenoxy) is 1. The van der Waals surface area contributed by atoms with Crippen LogP contribution in [0.3, 0.4) is 0 Å². The van der Waals surface area contributed by atoms with Crippen molar-refractivity contribution in [3.8, 4) is 5.75 Å². The highest BCUT2D eigenvalue weighted by molar-refractivity contribution is 7.13. The first-order valence-corrected chi connectivity index (χ1v) is 10.8. The molecule has 146 valence electrons. The summed E-state index contributed by atoms with van der Waals surface area (Å²) in [5, 5.41) is 2.75. The molecule has 2 aliphatic rings. The first-order chi connectivity index (χ1) is 12.9. The van der Waals surface area contributed by atoms with Gasteiger partial charge < -0.3 is 15.4 Å². The molecule has 2 unspecified atom stereocenters. The summed E-state index contributed by atoms with van der Waals surface area (Å²) in [4.78, 5) is 9.45. The number of thiazole rings is 1. The minimum atomic E-state index is 0.214. The molecular weight excluding hydrogens is 356 g/mol. The molecule has 5 nitrogen and oxygen atoms in total. The van der Waals surface area contributed by atoms with E-state index < -0.39 is 0 Å². The van der Waals surface area contributed by atoms with Crippen molar-refractivity contribution in [2.75, 3.05) is 30.3 Å². The van der Waals surface area contributed by atoms with E-state index in [2.05, 4.69) is 65.2 Å². The zero-order valence-electron chi connectivity index (χ0n) is 16.5. The molecule has 3 heterocycles. The van der Waals surface area contributed by atoms with E-state index in [0.29, 0.717) is 11.2 Å². The predicted molar refractivity (Wildman–Crippen MR) is 113 cm³/mol. The van der Waals surface area contributed by atoms with Crippen LogP contribution in [0.2, 0.25) is 0 Å². The van der Waals surface area contributed by atoms with E-state index in [1.54, 1.807) is 0 Å². The molecule has 0 aliphatic carbocycles. The van der Waals surface area contributed by atoms with Crippen LogP contribution in [0.1, 0.15) is 51.8 Å². The van der Waals surface area contributed by atoms with Crippen molar-refractivity contribution >= 4 is 22.2 Å². The van der Waals surface area contributed by atoms with Gasteiger partial charge in [-0.2, -0.15) is 0 Å². The van der Waals surface area contributed by atoms with E-state index in [-0.39, 0.29) is 11.6 Å². The Bertz CT molecular complexity index is 767. The molecule has 0 amide bonds. The van der Waals surface area contributed by atoms with Crippen molar-refractivity contribution in [2.24, 2.45) is 0 Å². The molecule has 2 saturated heterocycles. The molecule has 1 aromatic carbocycles. The number of aromatic nitrogens is 1. The molecule has 2 fully saturated rings. The molecule has 0 radical (unpaired) electrons. The Hall–Kier alpha value is -1.79. The maximum absolute atomic E-state index is 6.25. The number of hydrogen-bond acceptors (Lipinski definition) is 6. The second-order valence-corrected chi connectivity index (χ2v) is 9.49. The van der Waals surface area contributed by atoms with Crippen molar-refractivity contribution < 1.29 is 4.74 Å². The van der Waals surface area contributed by atoms with Crippen LogP contribution in [-0.4, -0.2) is 41.2 Å². The molecule has 2 atom stereocenters. The summed E-state index contributed by atoms with van der Waals surface area (Å²) in [6, 6.07) is 8.92. The summed E-state index contributed by atoms with van der Waals surface area (Å²) in [5.41, 5.74) is 8.38. The standard InChI is InChI=1S/C21H30N4OS/c1-21(2,3)24-12-10-17(13-24)26-16-8-6-15(7-9-16)25-11-4-5-19(25)18-14-27-20(22)23-18/h6-9,14,17,19H,4-5,10-13H2,1-3H3,(H2,22,23). The van der Waals surface area contributed by atoms with Crippen LogP contribution in [0.15, 0.2) is 29.6 Å². The van der Waals surface area contributed by atoms with Crippen molar-refractivity contribution in [3.05, 3.63) is 35.3 Å². The molecule has 2 aromatic rings.